The lowest BCUT2D eigenvalue weighted by Gasteiger charge is -2.07. The van der Waals surface area contributed by atoms with Crippen molar-refractivity contribution in [1.82, 2.24) is 14.9 Å². The third-order valence-electron chi connectivity index (χ3n) is 4.62. The van der Waals surface area contributed by atoms with Gasteiger partial charge in [-0.1, -0.05) is 54.2 Å². The minimum atomic E-state index is -0.130. The second-order valence-corrected chi connectivity index (χ2v) is 7.63. The maximum absolute atomic E-state index is 12.3. The van der Waals surface area contributed by atoms with Gasteiger partial charge in [-0.2, -0.15) is 0 Å². The van der Waals surface area contributed by atoms with E-state index in [-0.39, 0.29) is 11.7 Å². The third-order valence-corrected chi connectivity index (χ3v) is 5.57. The topological polar surface area (TPSA) is 95.1 Å². The van der Waals surface area contributed by atoms with E-state index in [0.29, 0.717) is 17.4 Å². The zero-order chi connectivity index (χ0) is 20.9. The highest BCUT2D eigenvalue weighted by molar-refractivity contribution is 7.99. The van der Waals surface area contributed by atoms with Crippen LogP contribution in [0.5, 0.6) is 5.75 Å². The predicted octanol–water partition coefficient (Wildman–Crippen LogP) is 3.48. The van der Waals surface area contributed by atoms with Crippen LogP contribution in [0.2, 0.25) is 0 Å². The molecule has 1 aromatic heterocycles. The van der Waals surface area contributed by atoms with Crippen LogP contribution in [0.4, 0.5) is 5.69 Å². The summed E-state index contributed by atoms with van der Waals surface area (Å²) in [6.07, 6.45) is 0.539. The largest absolute Gasteiger partial charge is 0.497 e. The Hall–Kier alpha value is -3.52. The van der Waals surface area contributed by atoms with E-state index in [1.807, 2.05) is 66.7 Å². The number of carbonyl (C=O) groups is 1. The molecule has 0 saturated heterocycles. The molecule has 3 N–H and O–H groups in total. The Morgan fingerprint density at radius 2 is 1.83 bits per heavy atom. The van der Waals surface area contributed by atoms with E-state index < -0.39 is 0 Å². The quantitative estimate of drug-likeness (QED) is 0.352. The number of ether oxygens (including phenoxy) is 1. The maximum atomic E-state index is 12.3. The molecule has 152 valence electrons. The molecular formula is C22H21N5O2S. The number of methoxy groups -OCH3 is 1. The Bertz CT molecular complexity index is 1170. The number of anilines is 1. The van der Waals surface area contributed by atoms with E-state index in [1.165, 1.54) is 16.4 Å². The van der Waals surface area contributed by atoms with Crippen molar-refractivity contribution in [2.24, 2.45) is 0 Å². The van der Waals surface area contributed by atoms with Crippen LogP contribution >= 0.6 is 11.8 Å². The van der Waals surface area contributed by atoms with Crippen molar-refractivity contribution in [2.75, 3.05) is 24.0 Å². The number of thioether (sulfide) groups is 1. The molecule has 30 heavy (non-hydrogen) atoms. The molecule has 0 aliphatic carbocycles. The molecule has 7 nitrogen and oxygen atoms in total. The number of aromatic nitrogens is 3. The van der Waals surface area contributed by atoms with Crippen LogP contribution in [-0.2, 0) is 11.2 Å². The van der Waals surface area contributed by atoms with E-state index in [2.05, 4.69) is 15.5 Å². The first-order valence-electron chi connectivity index (χ1n) is 9.36. The lowest BCUT2D eigenvalue weighted by atomic mass is 10.1. The smallest absolute Gasteiger partial charge is 0.234 e. The molecule has 0 spiro atoms. The number of amides is 1. The van der Waals surface area contributed by atoms with Crippen LogP contribution in [0.15, 0.2) is 71.9 Å². The van der Waals surface area contributed by atoms with Crippen LogP contribution in [0.3, 0.4) is 0 Å². The first-order chi connectivity index (χ1) is 14.6. The summed E-state index contributed by atoms with van der Waals surface area (Å²) in [7, 11) is 1.63. The highest BCUT2D eigenvalue weighted by atomic mass is 32.2. The Kier molecular flexibility index (Phi) is 5.85. The van der Waals surface area contributed by atoms with Crippen LogP contribution in [-0.4, -0.2) is 33.6 Å². The minimum absolute atomic E-state index is 0.130. The molecule has 0 aliphatic rings. The van der Waals surface area contributed by atoms with Crippen molar-refractivity contribution in [3.8, 4) is 5.75 Å². The molecule has 0 aliphatic heterocycles. The highest BCUT2D eigenvalue weighted by Crippen LogP contribution is 2.21. The number of nitrogen functional groups attached to an aromatic ring is 1. The van der Waals surface area contributed by atoms with Gasteiger partial charge in [0.2, 0.25) is 11.1 Å². The van der Waals surface area contributed by atoms with Crippen molar-refractivity contribution in [3.63, 3.8) is 0 Å². The zero-order valence-electron chi connectivity index (χ0n) is 16.4. The summed E-state index contributed by atoms with van der Waals surface area (Å²) >= 11 is 1.25. The number of nitrogens with two attached hydrogens (primary N) is 1. The number of hydrogen-bond acceptors (Lipinski definition) is 6. The second kappa shape index (κ2) is 8.87. The molecule has 8 heteroatoms. The summed E-state index contributed by atoms with van der Waals surface area (Å²) in [6, 6.07) is 21.5. The summed E-state index contributed by atoms with van der Waals surface area (Å²) in [5, 5.41) is 13.9. The summed E-state index contributed by atoms with van der Waals surface area (Å²) < 4.78 is 6.59. The van der Waals surface area contributed by atoms with Crippen LogP contribution in [0.25, 0.3) is 10.8 Å². The monoisotopic (exact) mass is 419 g/mol. The number of hydrogen-bond donors (Lipinski definition) is 2. The van der Waals surface area contributed by atoms with Crippen molar-refractivity contribution < 1.29 is 9.53 Å². The summed E-state index contributed by atoms with van der Waals surface area (Å²) in [4.78, 5) is 12.3. The molecule has 0 unspecified atom stereocenters. The van der Waals surface area contributed by atoms with Gasteiger partial charge >= 0.3 is 0 Å². The summed E-state index contributed by atoms with van der Waals surface area (Å²) in [5.74, 6) is 7.59. The number of fused-ring (bicyclic) bond motifs is 1. The molecular weight excluding hydrogens is 398 g/mol. The van der Waals surface area contributed by atoms with E-state index >= 15 is 0 Å². The van der Waals surface area contributed by atoms with Crippen molar-refractivity contribution >= 4 is 34.1 Å². The van der Waals surface area contributed by atoms with Gasteiger partial charge in [-0.15, -0.1) is 10.2 Å². The normalized spacial score (nSPS) is 10.8. The van der Waals surface area contributed by atoms with E-state index in [4.69, 9.17) is 10.6 Å². The van der Waals surface area contributed by atoms with Gasteiger partial charge in [0.15, 0.2) is 5.82 Å². The van der Waals surface area contributed by atoms with Crippen LogP contribution in [0, 0.1) is 0 Å². The fraction of sp³-hybridized carbons (Fsp3) is 0.136. The first-order valence-corrected chi connectivity index (χ1v) is 10.3. The van der Waals surface area contributed by atoms with Crippen LogP contribution < -0.4 is 15.9 Å². The van der Waals surface area contributed by atoms with Gasteiger partial charge in [-0.25, -0.2) is 4.68 Å². The molecule has 4 aromatic rings. The first kappa shape index (κ1) is 19.8. The van der Waals surface area contributed by atoms with Gasteiger partial charge in [0.25, 0.3) is 0 Å². The number of nitrogens with zero attached hydrogens (tertiary/aromatic N) is 3. The highest BCUT2D eigenvalue weighted by Gasteiger charge is 2.13. The Labute approximate surface area is 178 Å². The number of rotatable bonds is 7. The van der Waals surface area contributed by atoms with E-state index in [0.717, 1.165) is 27.8 Å². The third kappa shape index (κ3) is 4.55. The minimum Gasteiger partial charge on any atom is -0.497 e. The van der Waals surface area contributed by atoms with Gasteiger partial charge in [0.1, 0.15) is 5.75 Å². The van der Waals surface area contributed by atoms with Gasteiger partial charge in [-0.3, -0.25) is 4.79 Å². The number of benzene rings is 3. The molecule has 3 aromatic carbocycles. The van der Waals surface area contributed by atoms with Crippen LogP contribution in [0.1, 0.15) is 11.4 Å². The van der Waals surface area contributed by atoms with Crippen molar-refractivity contribution in [1.29, 1.82) is 0 Å². The molecule has 0 saturated carbocycles. The summed E-state index contributed by atoms with van der Waals surface area (Å²) in [6.45, 7) is 0. The fourth-order valence-electron chi connectivity index (χ4n) is 3.05. The molecule has 4 rings (SSSR count). The lowest BCUT2D eigenvalue weighted by Crippen LogP contribution is -2.17. The molecule has 1 heterocycles. The standard InChI is InChI=1S/C22H21N5O2S/c1-29-19-10-6-15(7-11-19)12-20-25-26-22(27(20)23)30-14-21(28)24-18-9-8-16-4-2-3-5-17(16)13-18/h2-11,13H,12,14,23H2,1H3,(H,24,28). The van der Waals surface area contributed by atoms with Gasteiger partial charge in [-0.05, 0) is 40.6 Å². The number of nitrogens with one attached hydrogen (secondary N) is 1. The molecule has 0 atom stereocenters. The van der Waals surface area contributed by atoms with E-state index in [1.54, 1.807) is 7.11 Å². The zero-order valence-corrected chi connectivity index (χ0v) is 17.2. The molecule has 0 fully saturated rings. The van der Waals surface area contributed by atoms with Crippen molar-refractivity contribution in [3.05, 3.63) is 78.1 Å². The predicted molar refractivity (Wildman–Crippen MR) is 119 cm³/mol. The maximum Gasteiger partial charge on any atom is 0.234 e. The summed E-state index contributed by atoms with van der Waals surface area (Å²) in [5.41, 5.74) is 1.80. The fourth-order valence-corrected chi connectivity index (χ4v) is 3.72. The van der Waals surface area contributed by atoms with Gasteiger partial charge in [0.05, 0.1) is 12.9 Å². The Balaban J connectivity index is 1.35. The molecule has 0 radical (unpaired) electrons. The average molecular weight is 420 g/mol. The Morgan fingerprint density at radius 3 is 2.60 bits per heavy atom. The average Bonchev–Trinajstić information content (AvgIpc) is 3.12. The number of carbonyl (C=O) groups excluding carboxylic acids is 1. The van der Waals surface area contributed by atoms with Gasteiger partial charge in [0, 0.05) is 12.1 Å². The second-order valence-electron chi connectivity index (χ2n) is 6.69. The Morgan fingerprint density at radius 1 is 1.07 bits per heavy atom. The van der Waals surface area contributed by atoms with E-state index in [9.17, 15) is 4.79 Å². The van der Waals surface area contributed by atoms with Gasteiger partial charge < -0.3 is 15.9 Å². The lowest BCUT2D eigenvalue weighted by molar-refractivity contribution is -0.113. The van der Waals surface area contributed by atoms with Crippen molar-refractivity contribution in [2.45, 2.75) is 11.6 Å². The SMILES string of the molecule is COc1ccc(Cc2nnc(SCC(=O)Nc3ccc4ccccc4c3)n2N)cc1. The molecule has 1 amide bonds. The molecule has 0 bridgehead atoms.